The van der Waals surface area contributed by atoms with Gasteiger partial charge in [0.15, 0.2) is 5.69 Å². The van der Waals surface area contributed by atoms with Crippen LogP contribution in [0.3, 0.4) is 0 Å². The van der Waals surface area contributed by atoms with Crippen molar-refractivity contribution < 1.29 is 20.7 Å². The van der Waals surface area contributed by atoms with Crippen molar-refractivity contribution >= 4 is 5.69 Å². The molecule has 5 N–H and O–H groups in total. The Balaban J connectivity index is 2.05. The Hall–Kier alpha value is -1.92. The van der Waals surface area contributed by atoms with Crippen molar-refractivity contribution in [3.8, 4) is 5.75 Å². The zero-order valence-electron chi connectivity index (χ0n) is 11.8. The minimum absolute atomic E-state index is 0.285. The van der Waals surface area contributed by atoms with E-state index in [9.17, 15) is 5.11 Å². The summed E-state index contributed by atoms with van der Waals surface area (Å²) in [6.45, 7) is 2.92. The van der Waals surface area contributed by atoms with Crippen LogP contribution in [0.5, 0.6) is 5.75 Å². The Labute approximate surface area is 123 Å². The van der Waals surface area contributed by atoms with Crippen LogP contribution in [0.2, 0.25) is 0 Å². The second-order valence-corrected chi connectivity index (χ2v) is 5.54. The lowest BCUT2D eigenvalue weighted by atomic mass is 9.78. The first kappa shape index (κ1) is 14.0. The minimum Gasteiger partial charge on any atom is -0.508 e. The highest BCUT2D eigenvalue weighted by Crippen LogP contribution is 2.36. The van der Waals surface area contributed by atoms with Crippen molar-refractivity contribution in [2.75, 3.05) is 6.54 Å². The van der Waals surface area contributed by atoms with E-state index in [4.69, 9.17) is 10.4 Å². The van der Waals surface area contributed by atoms with E-state index in [-0.39, 0.29) is 11.3 Å². The number of nitrogens with one attached hydrogen (secondary N) is 2. The summed E-state index contributed by atoms with van der Waals surface area (Å²) in [6.07, 6.45) is 0.878. The summed E-state index contributed by atoms with van der Waals surface area (Å²) in [6, 6.07) is 12.6. The van der Waals surface area contributed by atoms with Crippen molar-refractivity contribution in [2.24, 2.45) is 0 Å². The SMILES string of the molecule is C[C@@]1(c2ccc([NH+](O)O)cc2)NCCc2cc(O)ccc21. The maximum absolute atomic E-state index is 9.65. The Bertz CT molecular complexity index is 655. The van der Waals surface area contributed by atoms with Gasteiger partial charge in [0.1, 0.15) is 5.75 Å². The summed E-state index contributed by atoms with van der Waals surface area (Å²) in [5.74, 6) is 0.285. The summed E-state index contributed by atoms with van der Waals surface area (Å²) in [5.41, 5.74) is 3.35. The number of aromatic hydroxyl groups is 1. The zero-order valence-corrected chi connectivity index (χ0v) is 11.8. The molecule has 2 aromatic carbocycles. The van der Waals surface area contributed by atoms with Gasteiger partial charge in [-0.3, -0.25) is 0 Å². The highest BCUT2D eigenvalue weighted by Gasteiger charge is 2.33. The van der Waals surface area contributed by atoms with Crippen molar-refractivity contribution in [3.05, 3.63) is 59.2 Å². The third-order valence-corrected chi connectivity index (χ3v) is 4.22. The van der Waals surface area contributed by atoms with E-state index in [1.807, 2.05) is 24.3 Å². The molecule has 1 heterocycles. The number of hydrogen-bond acceptors (Lipinski definition) is 4. The molecule has 0 spiro atoms. The molecule has 0 unspecified atom stereocenters. The first-order valence-corrected chi connectivity index (χ1v) is 6.94. The van der Waals surface area contributed by atoms with Crippen molar-refractivity contribution in [1.29, 1.82) is 0 Å². The summed E-state index contributed by atoms with van der Waals surface area (Å²) in [4.78, 5) is 0. The molecule has 0 fully saturated rings. The van der Waals surface area contributed by atoms with E-state index in [1.165, 1.54) is 0 Å². The monoisotopic (exact) mass is 287 g/mol. The van der Waals surface area contributed by atoms with E-state index < -0.39 is 5.23 Å². The van der Waals surface area contributed by atoms with Crippen LogP contribution in [0, 0.1) is 0 Å². The molecule has 3 rings (SSSR count). The first-order chi connectivity index (χ1) is 10.0. The van der Waals surface area contributed by atoms with Gasteiger partial charge in [0.2, 0.25) is 0 Å². The van der Waals surface area contributed by atoms with Crippen LogP contribution >= 0.6 is 0 Å². The van der Waals surface area contributed by atoms with Gasteiger partial charge in [0.25, 0.3) is 0 Å². The number of quaternary nitrogens is 1. The van der Waals surface area contributed by atoms with Crippen LogP contribution in [-0.4, -0.2) is 22.1 Å². The maximum atomic E-state index is 9.65. The van der Waals surface area contributed by atoms with E-state index in [0.29, 0.717) is 5.69 Å². The summed E-state index contributed by atoms with van der Waals surface area (Å²) < 4.78 is 0. The number of fused-ring (bicyclic) bond motifs is 1. The van der Waals surface area contributed by atoms with Gasteiger partial charge in [-0.1, -0.05) is 18.2 Å². The molecule has 0 aromatic heterocycles. The van der Waals surface area contributed by atoms with Crippen LogP contribution in [0.15, 0.2) is 42.5 Å². The van der Waals surface area contributed by atoms with Crippen LogP contribution in [-0.2, 0) is 12.0 Å². The third-order valence-electron chi connectivity index (χ3n) is 4.22. The average molecular weight is 287 g/mol. The van der Waals surface area contributed by atoms with Crippen LogP contribution in [0.1, 0.15) is 23.6 Å². The second kappa shape index (κ2) is 5.13. The van der Waals surface area contributed by atoms with E-state index in [1.54, 1.807) is 18.2 Å². The molecule has 0 radical (unpaired) electrons. The summed E-state index contributed by atoms with van der Waals surface area (Å²) in [7, 11) is 0. The van der Waals surface area contributed by atoms with Gasteiger partial charge in [-0.2, -0.15) is 10.4 Å². The predicted molar refractivity (Wildman–Crippen MR) is 76.9 cm³/mol. The fraction of sp³-hybridized carbons (Fsp3) is 0.250. The fourth-order valence-electron chi connectivity index (χ4n) is 3.03. The van der Waals surface area contributed by atoms with Crippen molar-refractivity contribution in [3.63, 3.8) is 0 Å². The smallest absolute Gasteiger partial charge is 0.197 e. The summed E-state index contributed by atoms with van der Waals surface area (Å²) >= 11 is 0. The number of benzene rings is 2. The molecule has 0 bridgehead atoms. The minimum atomic E-state index is -0.673. The molecule has 0 amide bonds. The lowest BCUT2D eigenvalue weighted by molar-refractivity contribution is -1.19. The molecule has 5 heteroatoms. The van der Waals surface area contributed by atoms with Crippen LogP contribution in [0.25, 0.3) is 0 Å². The topological polar surface area (TPSA) is 77.2 Å². The number of phenolic OH excluding ortho intramolecular Hbond substituents is 1. The molecule has 5 nitrogen and oxygen atoms in total. The fourth-order valence-corrected chi connectivity index (χ4v) is 3.03. The Morgan fingerprint density at radius 1 is 1.10 bits per heavy atom. The second-order valence-electron chi connectivity index (χ2n) is 5.54. The Morgan fingerprint density at radius 3 is 2.48 bits per heavy atom. The summed E-state index contributed by atoms with van der Waals surface area (Å²) in [5, 5.41) is 30.7. The molecule has 110 valence electrons. The maximum Gasteiger partial charge on any atom is 0.197 e. The van der Waals surface area contributed by atoms with Gasteiger partial charge in [-0.15, -0.1) is 0 Å². The third kappa shape index (κ3) is 2.41. The van der Waals surface area contributed by atoms with E-state index in [2.05, 4.69) is 12.2 Å². The van der Waals surface area contributed by atoms with Gasteiger partial charge in [-0.25, -0.2) is 0 Å². The normalized spacial score (nSPS) is 21.3. The zero-order chi connectivity index (χ0) is 15.0. The molecular weight excluding hydrogens is 268 g/mol. The lowest BCUT2D eigenvalue weighted by Crippen LogP contribution is -3.01. The number of rotatable bonds is 2. The lowest BCUT2D eigenvalue weighted by Gasteiger charge is -2.38. The predicted octanol–water partition coefficient (Wildman–Crippen LogP) is 1.10. The van der Waals surface area contributed by atoms with Gasteiger partial charge < -0.3 is 10.4 Å². The first-order valence-electron chi connectivity index (χ1n) is 6.94. The molecule has 2 aromatic rings. The molecule has 1 aliphatic heterocycles. The highest BCUT2D eigenvalue weighted by atomic mass is 16.8. The molecule has 0 saturated heterocycles. The van der Waals surface area contributed by atoms with Crippen molar-refractivity contribution in [1.82, 2.24) is 5.32 Å². The molecule has 1 aliphatic rings. The highest BCUT2D eigenvalue weighted by molar-refractivity contribution is 5.48. The van der Waals surface area contributed by atoms with Crippen LogP contribution in [0.4, 0.5) is 5.69 Å². The Kier molecular flexibility index (Phi) is 3.43. The molecule has 0 saturated carbocycles. The van der Waals surface area contributed by atoms with Gasteiger partial charge in [0.05, 0.1) is 5.54 Å². The standard InChI is InChI=1S/C16H18N2O3/c1-16(12-2-4-13(5-3-12)18(20)21)15-7-6-14(19)10-11(15)8-9-17-16/h2-7,10,17,19-21H,8-9H2,1H3/p+1/t16-/m0/s1. The number of hydrogen-bond donors (Lipinski definition) is 5. The van der Waals surface area contributed by atoms with Gasteiger partial charge >= 0.3 is 0 Å². The molecule has 0 aliphatic carbocycles. The van der Waals surface area contributed by atoms with Crippen LogP contribution < -0.4 is 10.5 Å². The quantitative estimate of drug-likeness (QED) is 0.536. The van der Waals surface area contributed by atoms with Gasteiger partial charge in [0, 0.05) is 18.7 Å². The largest absolute Gasteiger partial charge is 0.508 e. The molecule has 21 heavy (non-hydrogen) atoms. The van der Waals surface area contributed by atoms with Crippen molar-refractivity contribution in [2.45, 2.75) is 18.9 Å². The number of phenols is 1. The van der Waals surface area contributed by atoms with E-state index >= 15 is 0 Å². The average Bonchev–Trinajstić information content (AvgIpc) is 2.47. The molecule has 1 atom stereocenters. The Morgan fingerprint density at radius 2 is 1.81 bits per heavy atom. The molecular formula is C16H19N2O3+. The van der Waals surface area contributed by atoms with E-state index in [0.717, 1.165) is 29.7 Å². The van der Waals surface area contributed by atoms with Gasteiger partial charge in [-0.05, 0) is 47.4 Å².